The van der Waals surface area contributed by atoms with Gasteiger partial charge < -0.3 is 14.8 Å². The summed E-state index contributed by atoms with van der Waals surface area (Å²) in [7, 11) is 0.693. The monoisotopic (exact) mass is 392 g/mol. The van der Waals surface area contributed by atoms with Crippen molar-refractivity contribution in [2.45, 2.75) is 18.7 Å². The van der Waals surface area contributed by atoms with E-state index in [9.17, 15) is 13.2 Å². The van der Waals surface area contributed by atoms with Gasteiger partial charge in [-0.15, -0.1) is 0 Å². The zero-order chi connectivity index (χ0) is 20.2. The minimum Gasteiger partial charge on any atom is -0.495 e. The second-order valence-electron chi connectivity index (χ2n) is 6.21. The maximum atomic E-state index is 12.3. The summed E-state index contributed by atoms with van der Waals surface area (Å²) >= 11 is 0. The van der Waals surface area contributed by atoms with Crippen LogP contribution in [0, 0.1) is 13.8 Å². The van der Waals surface area contributed by atoms with Crippen molar-refractivity contribution in [1.29, 1.82) is 0 Å². The van der Waals surface area contributed by atoms with Crippen LogP contribution in [-0.2, 0) is 14.8 Å². The summed E-state index contributed by atoms with van der Waals surface area (Å²) in [6, 6.07) is 10.0. The van der Waals surface area contributed by atoms with Crippen molar-refractivity contribution in [3.63, 3.8) is 0 Å². The van der Waals surface area contributed by atoms with E-state index in [1.807, 2.05) is 32.0 Å². The molecule has 0 bridgehead atoms. The van der Waals surface area contributed by atoms with E-state index in [1.165, 1.54) is 39.4 Å². The highest BCUT2D eigenvalue weighted by Gasteiger charge is 2.20. The van der Waals surface area contributed by atoms with Gasteiger partial charge in [0, 0.05) is 14.1 Å². The van der Waals surface area contributed by atoms with Crippen LogP contribution in [0.2, 0.25) is 0 Å². The Labute approximate surface area is 160 Å². The molecule has 0 saturated carbocycles. The fourth-order valence-corrected chi connectivity index (χ4v) is 3.44. The van der Waals surface area contributed by atoms with E-state index in [0.29, 0.717) is 11.5 Å². The Hall–Kier alpha value is -2.58. The molecule has 0 unspecified atom stereocenters. The van der Waals surface area contributed by atoms with Crippen molar-refractivity contribution >= 4 is 21.6 Å². The summed E-state index contributed by atoms with van der Waals surface area (Å²) in [5, 5.41) is 2.65. The number of sulfonamides is 1. The molecule has 0 heterocycles. The summed E-state index contributed by atoms with van der Waals surface area (Å²) < 4.78 is 36.6. The lowest BCUT2D eigenvalue weighted by atomic mass is 10.1. The van der Waals surface area contributed by atoms with Gasteiger partial charge in [0.05, 0.1) is 17.7 Å². The molecule has 2 rings (SSSR count). The van der Waals surface area contributed by atoms with Gasteiger partial charge in [0.15, 0.2) is 6.61 Å². The largest absolute Gasteiger partial charge is 0.495 e. The summed E-state index contributed by atoms with van der Waals surface area (Å²) in [4.78, 5) is 12.4. The van der Waals surface area contributed by atoms with E-state index in [0.717, 1.165) is 15.4 Å². The normalized spacial score (nSPS) is 11.3. The van der Waals surface area contributed by atoms with Gasteiger partial charge in [-0.1, -0.05) is 18.2 Å². The highest BCUT2D eigenvalue weighted by atomic mass is 32.2. The molecule has 27 heavy (non-hydrogen) atoms. The van der Waals surface area contributed by atoms with Crippen LogP contribution in [0.15, 0.2) is 41.3 Å². The van der Waals surface area contributed by atoms with Crippen molar-refractivity contribution in [3.8, 4) is 11.5 Å². The first-order valence-corrected chi connectivity index (χ1v) is 9.70. The number of anilines is 1. The van der Waals surface area contributed by atoms with Gasteiger partial charge in [0.25, 0.3) is 5.91 Å². The summed E-state index contributed by atoms with van der Waals surface area (Å²) in [6.45, 7) is 3.59. The molecule has 0 spiro atoms. The van der Waals surface area contributed by atoms with Crippen LogP contribution in [0.25, 0.3) is 0 Å². The Kier molecular flexibility index (Phi) is 6.45. The topological polar surface area (TPSA) is 84.9 Å². The van der Waals surface area contributed by atoms with Crippen molar-refractivity contribution in [2.24, 2.45) is 0 Å². The molecule has 1 amide bonds. The number of amides is 1. The maximum absolute atomic E-state index is 12.3. The second-order valence-corrected chi connectivity index (χ2v) is 8.36. The zero-order valence-electron chi connectivity index (χ0n) is 16.1. The number of hydrogen-bond donors (Lipinski definition) is 1. The number of carbonyl (C=O) groups is 1. The molecule has 2 aromatic rings. The SMILES string of the molecule is COc1ccc(S(=O)(=O)N(C)C)cc1NC(=O)COc1c(C)cccc1C. The van der Waals surface area contributed by atoms with E-state index in [1.54, 1.807) is 0 Å². The van der Waals surface area contributed by atoms with E-state index in [2.05, 4.69) is 5.32 Å². The average molecular weight is 392 g/mol. The van der Waals surface area contributed by atoms with Gasteiger partial charge >= 0.3 is 0 Å². The summed E-state index contributed by atoms with van der Waals surface area (Å²) in [5.41, 5.74) is 2.12. The Bertz CT molecular complexity index is 919. The number of aryl methyl sites for hydroxylation is 2. The van der Waals surface area contributed by atoms with Gasteiger partial charge in [-0.3, -0.25) is 4.79 Å². The number of hydrogen-bond acceptors (Lipinski definition) is 5. The molecule has 8 heteroatoms. The van der Waals surface area contributed by atoms with E-state index >= 15 is 0 Å². The van der Waals surface area contributed by atoms with Crippen LogP contribution in [0.4, 0.5) is 5.69 Å². The quantitative estimate of drug-likeness (QED) is 0.783. The molecular weight excluding hydrogens is 368 g/mol. The molecule has 0 radical (unpaired) electrons. The lowest BCUT2D eigenvalue weighted by Gasteiger charge is -2.16. The first kappa shape index (κ1) is 20.7. The third kappa shape index (κ3) is 4.78. The van der Waals surface area contributed by atoms with Gasteiger partial charge in [-0.25, -0.2) is 12.7 Å². The smallest absolute Gasteiger partial charge is 0.262 e. The van der Waals surface area contributed by atoms with E-state index in [4.69, 9.17) is 9.47 Å². The van der Waals surface area contributed by atoms with Gasteiger partial charge in [-0.05, 0) is 43.2 Å². The maximum Gasteiger partial charge on any atom is 0.262 e. The fraction of sp³-hybridized carbons (Fsp3) is 0.316. The highest BCUT2D eigenvalue weighted by Crippen LogP contribution is 2.28. The molecule has 0 aromatic heterocycles. The molecule has 1 N–H and O–H groups in total. The summed E-state index contributed by atoms with van der Waals surface area (Å²) in [5.74, 6) is 0.590. The minimum atomic E-state index is -3.63. The first-order chi connectivity index (χ1) is 12.7. The van der Waals surface area contributed by atoms with Crippen molar-refractivity contribution in [2.75, 3.05) is 33.1 Å². The standard InChI is InChI=1S/C19H24N2O5S/c1-13-7-6-8-14(2)19(13)26-12-18(22)20-16-11-15(9-10-17(16)25-5)27(23,24)21(3)4/h6-11H,12H2,1-5H3,(H,20,22). The predicted molar refractivity (Wildman–Crippen MR) is 104 cm³/mol. The predicted octanol–water partition coefficient (Wildman–Crippen LogP) is 2.58. The molecule has 0 saturated heterocycles. The molecule has 0 aliphatic rings. The molecule has 0 aliphatic heterocycles. The van der Waals surface area contributed by atoms with Crippen molar-refractivity contribution in [3.05, 3.63) is 47.5 Å². The van der Waals surface area contributed by atoms with Gasteiger partial charge in [0.2, 0.25) is 10.0 Å². The summed E-state index contributed by atoms with van der Waals surface area (Å²) in [6.07, 6.45) is 0. The Morgan fingerprint density at radius 2 is 1.74 bits per heavy atom. The van der Waals surface area contributed by atoms with Crippen LogP contribution in [0.1, 0.15) is 11.1 Å². The number of carbonyl (C=O) groups excluding carboxylic acids is 1. The van der Waals surface area contributed by atoms with Crippen molar-refractivity contribution < 1.29 is 22.7 Å². The van der Waals surface area contributed by atoms with Gasteiger partial charge in [-0.2, -0.15) is 0 Å². The highest BCUT2D eigenvalue weighted by molar-refractivity contribution is 7.89. The Balaban J connectivity index is 2.19. The first-order valence-electron chi connectivity index (χ1n) is 8.26. The number of para-hydroxylation sites is 1. The third-order valence-corrected chi connectivity index (χ3v) is 5.79. The Morgan fingerprint density at radius 1 is 1.11 bits per heavy atom. The molecule has 0 aliphatic carbocycles. The number of methoxy groups -OCH3 is 1. The molecular formula is C19H24N2O5S. The van der Waals surface area contributed by atoms with E-state index < -0.39 is 15.9 Å². The fourth-order valence-electron chi connectivity index (χ4n) is 2.51. The van der Waals surface area contributed by atoms with Crippen LogP contribution < -0.4 is 14.8 Å². The molecule has 0 atom stereocenters. The minimum absolute atomic E-state index is 0.0549. The second kappa shape index (κ2) is 8.41. The third-order valence-electron chi connectivity index (χ3n) is 3.98. The molecule has 7 nitrogen and oxygen atoms in total. The zero-order valence-corrected chi connectivity index (χ0v) is 16.9. The number of nitrogens with one attached hydrogen (secondary N) is 1. The lowest BCUT2D eigenvalue weighted by molar-refractivity contribution is -0.118. The number of rotatable bonds is 7. The van der Waals surface area contributed by atoms with Crippen LogP contribution >= 0.6 is 0 Å². The van der Waals surface area contributed by atoms with E-state index in [-0.39, 0.29) is 17.2 Å². The number of ether oxygens (including phenoxy) is 2. The molecule has 0 fully saturated rings. The average Bonchev–Trinajstić information content (AvgIpc) is 2.61. The molecule has 2 aromatic carbocycles. The molecule has 146 valence electrons. The van der Waals surface area contributed by atoms with Gasteiger partial charge in [0.1, 0.15) is 11.5 Å². The Morgan fingerprint density at radius 3 is 2.30 bits per heavy atom. The van der Waals surface area contributed by atoms with Crippen LogP contribution in [-0.4, -0.2) is 46.4 Å². The van der Waals surface area contributed by atoms with Crippen LogP contribution in [0.3, 0.4) is 0 Å². The number of benzene rings is 2. The number of nitrogens with zero attached hydrogens (tertiary/aromatic N) is 1. The lowest BCUT2D eigenvalue weighted by Crippen LogP contribution is -2.23. The van der Waals surface area contributed by atoms with Crippen molar-refractivity contribution in [1.82, 2.24) is 4.31 Å². The van der Waals surface area contributed by atoms with Crippen LogP contribution in [0.5, 0.6) is 11.5 Å².